The predicted molar refractivity (Wildman–Crippen MR) is 134 cm³/mol. The van der Waals surface area contributed by atoms with Gasteiger partial charge in [0.2, 0.25) is 11.8 Å². The van der Waals surface area contributed by atoms with Crippen LogP contribution in [0.15, 0.2) is 78.9 Å². The monoisotopic (exact) mass is 480 g/mol. The summed E-state index contributed by atoms with van der Waals surface area (Å²) in [4.78, 5) is 28.7. The molecule has 0 fully saturated rings. The fourth-order valence-corrected chi connectivity index (χ4v) is 3.80. The number of benzene rings is 3. The highest BCUT2D eigenvalue weighted by Crippen LogP contribution is 2.18. The minimum atomic E-state index is -0.744. The van der Waals surface area contributed by atoms with Gasteiger partial charge in [-0.05, 0) is 61.7 Å². The average Bonchev–Trinajstić information content (AvgIpc) is 2.78. The summed E-state index contributed by atoms with van der Waals surface area (Å²) in [6.07, 6.45) is 0.475. The lowest BCUT2D eigenvalue weighted by molar-refractivity contribution is -0.141. The molecule has 0 unspecified atom stereocenters. The molecule has 0 saturated heterocycles. The van der Waals surface area contributed by atoms with E-state index >= 15 is 0 Å². The van der Waals surface area contributed by atoms with Crippen molar-refractivity contribution in [3.8, 4) is 0 Å². The highest BCUT2D eigenvalue weighted by molar-refractivity contribution is 6.30. The normalized spacial score (nSPS) is 12.1. The lowest BCUT2D eigenvalue weighted by Crippen LogP contribution is -2.54. The molecule has 2 amide bonds. The first-order valence-electron chi connectivity index (χ1n) is 11.2. The molecule has 3 aromatic rings. The summed E-state index contributed by atoms with van der Waals surface area (Å²) in [6.45, 7) is 5.90. The molecule has 0 aliphatic carbocycles. The number of halogens is 2. The van der Waals surface area contributed by atoms with Crippen LogP contribution in [0.5, 0.6) is 0 Å². The fraction of sp³-hybridized carbons (Fsp3) is 0.286. The van der Waals surface area contributed by atoms with E-state index in [0.29, 0.717) is 11.4 Å². The van der Waals surface area contributed by atoms with E-state index in [1.54, 1.807) is 41.3 Å². The van der Waals surface area contributed by atoms with E-state index in [-0.39, 0.29) is 30.6 Å². The second-order valence-electron chi connectivity index (χ2n) is 9.40. The van der Waals surface area contributed by atoms with Crippen molar-refractivity contribution in [2.75, 3.05) is 0 Å². The van der Waals surface area contributed by atoms with Crippen molar-refractivity contribution in [2.45, 2.75) is 51.7 Å². The maximum absolute atomic E-state index is 13.6. The largest absolute Gasteiger partial charge is 0.350 e. The number of nitrogens with zero attached hydrogens (tertiary/aromatic N) is 1. The Morgan fingerprint density at radius 3 is 2.06 bits per heavy atom. The van der Waals surface area contributed by atoms with Crippen LogP contribution in [-0.2, 0) is 29.0 Å². The minimum absolute atomic E-state index is 0.118. The fourth-order valence-electron chi connectivity index (χ4n) is 3.67. The lowest BCUT2D eigenvalue weighted by atomic mass is 10.00. The molecule has 1 atom stereocenters. The Hall–Kier alpha value is -3.18. The maximum Gasteiger partial charge on any atom is 0.243 e. The Morgan fingerprint density at radius 1 is 0.882 bits per heavy atom. The van der Waals surface area contributed by atoms with Crippen LogP contribution in [-0.4, -0.2) is 28.3 Å². The number of carbonyl (C=O) groups is 2. The van der Waals surface area contributed by atoms with Gasteiger partial charge in [0.15, 0.2) is 0 Å². The predicted octanol–water partition coefficient (Wildman–Crippen LogP) is 5.58. The Labute approximate surface area is 205 Å². The summed E-state index contributed by atoms with van der Waals surface area (Å²) < 4.78 is 13.5. The van der Waals surface area contributed by atoms with E-state index in [1.807, 2.05) is 51.1 Å². The van der Waals surface area contributed by atoms with Crippen LogP contribution < -0.4 is 5.32 Å². The number of amides is 2. The summed E-state index contributed by atoms with van der Waals surface area (Å²) in [5, 5.41) is 3.62. The van der Waals surface area contributed by atoms with Crippen molar-refractivity contribution >= 4 is 23.4 Å². The maximum atomic E-state index is 13.6. The molecule has 6 heteroatoms. The number of nitrogens with one attached hydrogen (secondary N) is 1. The molecule has 0 aliphatic heterocycles. The molecule has 34 heavy (non-hydrogen) atoms. The molecule has 3 rings (SSSR count). The van der Waals surface area contributed by atoms with Gasteiger partial charge < -0.3 is 10.2 Å². The number of carbonyl (C=O) groups excluding carboxylic acids is 2. The van der Waals surface area contributed by atoms with Gasteiger partial charge in [0, 0.05) is 23.5 Å². The van der Waals surface area contributed by atoms with Gasteiger partial charge in [0.05, 0.1) is 6.42 Å². The second kappa shape index (κ2) is 11.3. The third-order valence-electron chi connectivity index (χ3n) is 5.30. The highest BCUT2D eigenvalue weighted by Gasteiger charge is 2.32. The van der Waals surface area contributed by atoms with Gasteiger partial charge in [-0.25, -0.2) is 4.39 Å². The molecule has 0 saturated carbocycles. The quantitative estimate of drug-likeness (QED) is 0.457. The summed E-state index contributed by atoms with van der Waals surface area (Å²) in [7, 11) is 0. The van der Waals surface area contributed by atoms with Gasteiger partial charge in [-0.1, -0.05) is 66.2 Å². The summed E-state index contributed by atoms with van der Waals surface area (Å²) in [5.74, 6) is -0.784. The van der Waals surface area contributed by atoms with Crippen molar-refractivity contribution < 1.29 is 14.0 Å². The van der Waals surface area contributed by atoms with Crippen LogP contribution in [0.2, 0.25) is 5.02 Å². The van der Waals surface area contributed by atoms with E-state index in [1.165, 1.54) is 12.1 Å². The van der Waals surface area contributed by atoms with Gasteiger partial charge in [-0.15, -0.1) is 0 Å². The molecule has 0 spiro atoms. The van der Waals surface area contributed by atoms with Crippen LogP contribution in [0, 0.1) is 5.82 Å². The van der Waals surface area contributed by atoms with E-state index in [9.17, 15) is 14.0 Å². The van der Waals surface area contributed by atoms with E-state index < -0.39 is 11.6 Å². The molecule has 1 N–H and O–H groups in total. The van der Waals surface area contributed by atoms with Gasteiger partial charge in [-0.2, -0.15) is 0 Å². The van der Waals surface area contributed by atoms with Crippen LogP contribution in [0.3, 0.4) is 0 Å². The van der Waals surface area contributed by atoms with Crippen molar-refractivity contribution in [3.05, 3.63) is 106 Å². The van der Waals surface area contributed by atoms with Crippen LogP contribution in [0.25, 0.3) is 0 Å². The molecular weight excluding hydrogens is 451 g/mol. The first-order valence-corrected chi connectivity index (χ1v) is 11.6. The molecule has 178 valence electrons. The SMILES string of the molecule is CC(C)(C)NC(=O)[C@@H](Cc1ccccc1)N(Cc1ccc(F)cc1)C(=O)Cc1ccc(Cl)cc1. The molecule has 4 nitrogen and oxygen atoms in total. The Kier molecular flexibility index (Phi) is 8.46. The molecule has 0 aliphatic rings. The summed E-state index contributed by atoms with van der Waals surface area (Å²) in [5.41, 5.74) is 2.02. The number of hydrogen-bond donors (Lipinski definition) is 1. The molecule has 0 radical (unpaired) electrons. The minimum Gasteiger partial charge on any atom is -0.350 e. The van der Waals surface area contributed by atoms with Gasteiger partial charge in [0.1, 0.15) is 11.9 Å². The van der Waals surface area contributed by atoms with Crippen LogP contribution in [0.1, 0.15) is 37.5 Å². The number of hydrogen-bond acceptors (Lipinski definition) is 2. The molecule has 0 bridgehead atoms. The first kappa shape index (κ1) is 25.4. The van der Waals surface area contributed by atoms with Crippen molar-refractivity contribution in [2.24, 2.45) is 0 Å². The highest BCUT2D eigenvalue weighted by atomic mass is 35.5. The summed E-state index contributed by atoms with van der Waals surface area (Å²) >= 11 is 6.00. The zero-order valence-electron chi connectivity index (χ0n) is 19.7. The zero-order chi connectivity index (χ0) is 24.7. The van der Waals surface area contributed by atoms with E-state index in [2.05, 4.69) is 5.32 Å². The Morgan fingerprint density at radius 2 is 1.47 bits per heavy atom. The van der Waals surface area contributed by atoms with Crippen LogP contribution >= 0.6 is 11.6 Å². The van der Waals surface area contributed by atoms with Gasteiger partial charge >= 0.3 is 0 Å². The van der Waals surface area contributed by atoms with E-state index in [4.69, 9.17) is 11.6 Å². The first-order chi connectivity index (χ1) is 16.1. The van der Waals surface area contributed by atoms with Gasteiger partial charge in [-0.3, -0.25) is 9.59 Å². The van der Waals surface area contributed by atoms with E-state index in [0.717, 1.165) is 16.7 Å². The Bertz CT molecular complexity index is 1090. The topological polar surface area (TPSA) is 49.4 Å². The third kappa shape index (κ3) is 7.70. The van der Waals surface area contributed by atoms with Crippen molar-refractivity contribution in [1.29, 1.82) is 0 Å². The molecular formula is C28H30ClFN2O2. The Balaban J connectivity index is 1.97. The summed E-state index contributed by atoms with van der Waals surface area (Å²) in [6, 6.07) is 22.0. The standard InChI is InChI=1S/C28H30ClFN2O2/c1-28(2,3)31-27(34)25(17-20-7-5-4-6-8-20)32(19-22-11-15-24(30)16-12-22)26(33)18-21-9-13-23(29)14-10-21/h4-16,25H,17-19H2,1-3H3,(H,31,34)/t25-/m1/s1. The van der Waals surface area contributed by atoms with Crippen molar-refractivity contribution in [1.82, 2.24) is 10.2 Å². The molecule has 3 aromatic carbocycles. The van der Waals surface area contributed by atoms with Crippen LogP contribution in [0.4, 0.5) is 4.39 Å². The second-order valence-corrected chi connectivity index (χ2v) is 9.83. The van der Waals surface area contributed by atoms with Crippen molar-refractivity contribution in [3.63, 3.8) is 0 Å². The molecule has 0 aromatic heterocycles. The average molecular weight is 481 g/mol. The van der Waals surface area contributed by atoms with Gasteiger partial charge in [0.25, 0.3) is 0 Å². The smallest absolute Gasteiger partial charge is 0.243 e. The lowest BCUT2D eigenvalue weighted by Gasteiger charge is -2.34. The number of rotatable bonds is 8. The zero-order valence-corrected chi connectivity index (χ0v) is 20.5. The third-order valence-corrected chi connectivity index (χ3v) is 5.56. The molecule has 0 heterocycles.